The molecule has 0 saturated carbocycles. The number of hydrogen-bond acceptors (Lipinski definition) is 4. The number of halogens is 2. The van der Waals surface area contributed by atoms with Crippen molar-refractivity contribution in [3.8, 4) is 5.75 Å². The van der Waals surface area contributed by atoms with Gasteiger partial charge in [-0.1, -0.05) is 13.0 Å². The fraction of sp³-hybridized carbons (Fsp3) is 0.650. The Balaban J connectivity index is 0.00000392. The van der Waals surface area contributed by atoms with E-state index in [9.17, 15) is 4.39 Å². The molecule has 8 heteroatoms. The van der Waals surface area contributed by atoms with Gasteiger partial charge in [0.05, 0.1) is 20.3 Å². The molecule has 1 unspecified atom stereocenters. The average molecular weight is 508 g/mol. The smallest absolute Gasteiger partial charge is 0.193 e. The summed E-state index contributed by atoms with van der Waals surface area (Å²) in [5, 5.41) is 3.32. The zero-order valence-corrected chi connectivity index (χ0v) is 19.7. The Morgan fingerprint density at radius 2 is 2.11 bits per heavy atom. The molecule has 0 spiro atoms. The fourth-order valence-corrected chi connectivity index (χ4v) is 3.15. The number of guanidine groups is 1. The monoisotopic (exact) mass is 508 g/mol. The topological polar surface area (TPSA) is 49.3 Å². The molecular formula is C20H34FIN4O2. The maximum atomic E-state index is 13.9. The summed E-state index contributed by atoms with van der Waals surface area (Å²) in [6, 6.07) is 5.05. The van der Waals surface area contributed by atoms with Gasteiger partial charge in [0.15, 0.2) is 17.5 Å². The van der Waals surface area contributed by atoms with Crippen molar-refractivity contribution in [2.75, 3.05) is 60.1 Å². The molecule has 1 aromatic rings. The van der Waals surface area contributed by atoms with Crippen LogP contribution in [0.25, 0.3) is 0 Å². The van der Waals surface area contributed by atoms with Crippen LogP contribution in [-0.2, 0) is 11.3 Å². The normalized spacial score (nSPS) is 16.2. The number of morpholine rings is 1. The molecule has 6 nitrogen and oxygen atoms in total. The lowest BCUT2D eigenvalue weighted by atomic mass is 10.1. The Kier molecular flexibility index (Phi) is 11.7. The fourth-order valence-electron chi connectivity index (χ4n) is 3.15. The quantitative estimate of drug-likeness (QED) is 0.333. The molecule has 1 N–H and O–H groups in total. The highest BCUT2D eigenvalue weighted by molar-refractivity contribution is 14.0. The summed E-state index contributed by atoms with van der Waals surface area (Å²) in [5.74, 6) is 1.22. The highest BCUT2D eigenvalue weighted by Gasteiger charge is 2.14. The van der Waals surface area contributed by atoms with Gasteiger partial charge in [0.25, 0.3) is 0 Å². The van der Waals surface area contributed by atoms with Crippen LogP contribution < -0.4 is 10.1 Å². The summed E-state index contributed by atoms with van der Waals surface area (Å²) < 4.78 is 24.3. The van der Waals surface area contributed by atoms with Gasteiger partial charge in [-0.05, 0) is 30.5 Å². The van der Waals surface area contributed by atoms with E-state index in [0.29, 0.717) is 12.5 Å². The minimum atomic E-state index is -0.343. The first kappa shape index (κ1) is 24.9. The van der Waals surface area contributed by atoms with Crippen molar-refractivity contribution < 1.29 is 13.9 Å². The van der Waals surface area contributed by atoms with Gasteiger partial charge >= 0.3 is 0 Å². The molecule has 0 aliphatic carbocycles. The van der Waals surface area contributed by atoms with Gasteiger partial charge in [-0.2, -0.15) is 0 Å². The van der Waals surface area contributed by atoms with E-state index >= 15 is 0 Å². The predicted molar refractivity (Wildman–Crippen MR) is 122 cm³/mol. The molecular weight excluding hydrogens is 474 g/mol. The zero-order valence-electron chi connectivity index (χ0n) is 17.4. The average Bonchev–Trinajstić information content (AvgIpc) is 2.66. The maximum Gasteiger partial charge on any atom is 0.193 e. The molecule has 1 aliphatic rings. The number of benzene rings is 1. The van der Waals surface area contributed by atoms with Gasteiger partial charge in [-0.3, -0.25) is 9.89 Å². The third-order valence-corrected chi connectivity index (χ3v) is 4.56. The van der Waals surface area contributed by atoms with Crippen molar-refractivity contribution >= 4 is 29.9 Å². The van der Waals surface area contributed by atoms with E-state index in [0.717, 1.165) is 57.5 Å². The van der Waals surface area contributed by atoms with E-state index in [1.165, 1.54) is 13.2 Å². The van der Waals surface area contributed by atoms with Crippen molar-refractivity contribution in [3.05, 3.63) is 29.6 Å². The van der Waals surface area contributed by atoms with E-state index < -0.39 is 0 Å². The van der Waals surface area contributed by atoms with E-state index in [-0.39, 0.29) is 35.5 Å². The lowest BCUT2D eigenvalue weighted by Gasteiger charge is -2.29. The largest absolute Gasteiger partial charge is 0.494 e. The van der Waals surface area contributed by atoms with Crippen molar-refractivity contribution in [1.82, 2.24) is 15.1 Å². The lowest BCUT2D eigenvalue weighted by molar-refractivity contribution is 0.0323. The molecule has 160 valence electrons. The third kappa shape index (κ3) is 8.08. The highest BCUT2D eigenvalue weighted by atomic mass is 127. The minimum Gasteiger partial charge on any atom is -0.494 e. The minimum absolute atomic E-state index is 0. The molecule has 28 heavy (non-hydrogen) atoms. The highest BCUT2D eigenvalue weighted by Crippen LogP contribution is 2.18. The van der Waals surface area contributed by atoms with Gasteiger partial charge in [-0.15, -0.1) is 24.0 Å². The molecule has 1 atom stereocenters. The summed E-state index contributed by atoms with van der Waals surface area (Å²) in [5.41, 5.74) is 0.878. The number of nitrogens with one attached hydrogen (secondary N) is 1. The standard InChI is InChI=1S/C20H33FN4O2.HI/c1-5-22-20(23-13-16(2)14-25-8-10-27-11-9-25)24(3)15-17-6-7-19(26-4)18(21)12-17;/h6-7,12,16H,5,8-11,13-15H2,1-4H3,(H,22,23);1H. The molecule has 2 rings (SSSR count). The first-order valence-electron chi connectivity index (χ1n) is 9.65. The van der Waals surface area contributed by atoms with Crippen LogP contribution in [0.15, 0.2) is 23.2 Å². The van der Waals surface area contributed by atoms with Crippen LogP contribution in [0, 0.1) is 11.7 Å². The summed E-state index contributed by atoms with van der Waals surface area (Å²) in [6.07, 6.45) is 0. The Morgan fingerprint density at radius 1 is 1.39 bits per heavy atom. The summed E-state index contributed by atoms with van der Waals surface area (Å²) in [7, 11) is 3.44. The molecule has 1 fully saturated rings. The molecule has 0 amide bonds. The number of nitrogens with zero attached hydrogens (tertiary/aromatic N) is 3. The number of aliphatic imine (C=N–C) groups is 1. The Hall–Kier alpha value is -1.13. The van der Waals surface area contributed by atoms with Crippen molar-refractivity contribution in [1.29, 1.82) is 0 Å². The van der Waals surface area contributed by atoms with Crippen molar-refractivity contribution in [3.63, 3.8) is 0 Å². The Morgan fingerprint density at radius 3 is 2.71 bits per heavy atom. The van der Waals surface area contributed by atoms with E-state index in [2.05, 4.69) is 17.1 Å². The van der Waals surface area contributed by atoms with Crippen LogP contribution in [0.3, 0.4) is 0 Å². The second-order valence-electron chi connectivity index (χ2n) is 7.04. The molecule has 1 saturated heterocycles. The predicted octanol–water partition coefficient (Wildman–Crippen LogP) is 2.82. The van der Waals surface area contributed by atoms with Gasteiger partial charge in [0.2, 0.25) is 0 Å². The number of ether oxygens (including phenoxy) is 2. The van der Waals surface area contributed by atoms with Crippen LogP contribution in [0.2, 0.25) is 0 Å². The van der Waals surface area contributed by atoms with Crippen molar-refractivity contribution in [2.24, 2.45) is 10.9 Å². The summed E-state index contributed by atoms with van der Waals surface area (Å²) >= 11 is 0. The molecule has 0 aromatic heterocycles. The molecule has 0 bridgehead atoms. The second kappa shape index (κ2) is 13.2. The molecule has 0 radical (unpaired) electrons. The first-order chi connectivity index (χ1) is 13.0. The van der Waals surface area contributed by atoms with Crippen LogP contribution in [0.1, 0.15) is 19.4 Å². The second-order valence-corrected chi connectivity index (χ2v) is 7.04. The molecule has 1 heterocycles. The van der Waals surface area contributed by atoms with Crippen LogP contribution in [0.4, 0.5) is 4.39 Å². The number of hydrogen-bond donors (Lipinski definition) is 1. The third-order valence-electron chi connectivity index (χ3n) is 4.56. The summed E-state index contributed by atoms with van der Waals surface area (Å²) in [4.78, 5) is 9.24. The zero-order chi connectivity index (χ0) is 19.6. The molecule has 1 aromatic carbocycles. The van der Waals surface area contributed by atoms with Crippen molar-refractivity contribution in [2.45, 2.75) is 20.4 Å². The SMILES string of the molecule is CCNC(=NCC(C)CN1CCOCC1)N(C)Cc1ccc(OC)c(F)c1.I. The van der Waals surface area contributed by atoms with Crippen LogP contribution >= 0.6 is 24.0 Å². The first-order valence-corrected chi connectivity index (χ1v) is 9.65. The van der Waals surface area contributed by atoms with E-state index in [1.54, 1.807) is 6.07 Å². The van der Waals surface area contributed by atoms with Crippen LogP contribution in [-0.4, -0.2) is 75.9 Å². The van der Waals surface area contributed by atoms with E-state index in [4.69, 9.17) is 14.5 Å². The van der Waals surface area contributed by atoms with Crippen LogP contribution in [0.5, 0.6) is 5.75 Å². The van der Waals surface area contributed by atoms with E-state index in [1.807, 2.05) is 24.9 Å². The number of rotatable bonds is 8. The van der Waals surface area contributed by atoms with Gasteiger partial charge in [0, 0.05) is 46.3 Å². The molecule has 1 aliphatic heterocycles. The summed E-state index contributed by atoms with van der Waals surface area (Å²) in [6.45, 7) is 11.0. The lowest BCUT2D eigenvalue weighted by Crippen LogP contribution is -2.40. The number of methoxy groups -OCH3 is 1. The van der Waals surface area contributed by atoms with Gasteiger partial charge in [-0.25, -0.2) is 4.39 Å². The van der Waals surface area contributed by atoms with Gasteiger partial charge in [0.1, 0.15) is 0 Å². The maximum absolute atomic E-state index is 13.9. The van der Waals surface area contributed by atoms with Gasteiger partial charge < -0.3 is 19.7 Å². The Labute approximate surface area is 185 Å². The Bertz CT molecular complexity index is 612.